The van der Waals surface area contributed by atoms with Gasteiger partial charge in [0, 0.05) is 5.02 Å². The lowest BCUT2D eigenvalue weighted by molar-refractivity contribution is 0.0600. The van der Waals surface area contributed by atoms with Crippen LogP contribution in [0.5, 0.6) is 5.75 Å². The van der Waals surface area contributed by atoms with Gasteiger partial charge in [-0.05, 0) is 48.4 Å². The van der Waals surface area contributed by atoms with Gasteiger partial charge in [-0.15, -0.1) is 11.8 Å². The highest BCUT2D eigenvalue weighted by molar-refractivity contribution is 7.99. The number of aromatic hydroxyl groups is 1. The smallest absolute Gasteiger partial charge is 0.337 e. The number of hydrogen-bond donors (Lipinski definition) is 2. The van der Waals surface area contributed by atoms with E-state index in [4.69, 9.17) is 27.9 Å². The minimum atomic E-state index is -0.388. The molecule has 0 aliphatic carbocycles. The molecule has 0 aliphatic rings. The van der Waals surface area contributed by atoms with E-state index < -0.39 is 0 Å². The number of aryl methyl sites for hydroxylation is 1. The molecular formula is C20H17Cl2NO4S. The van der Waals surface area contributed by atoms with E-state index in [9.17, 15) is 14.7 Å². The van der Waals surface area contributed by atoms with Crippen LogP contribution in [0.2, 0.25) is 10.0 Å². The highest BCUT2D eigenvalue weighted by atomic mass is 35.5. The van der Waals surface area contributed by atoms with Crippen LogP contribution in [0, 0.1) is 0 Å². The van der Waals surface area contributed by atoms with Crippen LogP contribution in [-0.4, -0.2) is 28.9 Å². The van der Waals surface area contributed by atoms with Crippen LogP contribution in [0.4, 0.5) is 0 Å². The number of ether oxygens (including phenoxy) is 1. The predicted octanol–water partition coefficient (Wildman–Crippen LogP) is 5.05. The number of aromatic amines is 1. The normalized spacial score (nSPS) is 11.0. The molecule has 0 saturated heterocycles. The molecule has 2 aromatic carbocycles. The summed E-state index contributed by atoms with van der Waals surface area (Å²) in [7, 11) is 1.35. The Labute approximate surface area is 175 Å². The maximum Gasteiger partial charge on any atom is 0.337 e. The molecule has 0 atom stereocenters. The Balaban J connectivity index is 1.71. The summed E-state index contributed by atoms with van der Waals surface area (Å²) >= 11 is 13.4. The number of carbonyl (C=O) groups excluding carboxylic acids is 1. The molecule has 146 valence electrons. The van der Waals surface area contributed by atoms with E-state index in [1.54, 1.807) is 18.2 Å². The highest BCUT2D eigenvalue weighted by Crippen LogP contribution is 2.37. The number of hydrogen-bond acceptors (Lipinski definition) is 5. The molecule has 1 aromatic heterocycles. The first-order chi connectivity index (χ1) is 13.4. The molecule has 5 nitrogen and oxygen atoms in total. The van der Waals surface area contributed by atoms with Gasteiger partial charge in [0.2, 0.25) is 0 Å². The number of aromatic nitrogens is 1. The molecule has 0 unspecified atom stereocenters. The van der Waals surface area contributed by atoms with Gasteiger partial charge in [0.1, 0.15) is 10.6 Å². The Morgan fingerprint density at radius 3 is 2.79 bits per heavy atom. The first-order valence-electron chi connectivity index (χ1n) is 8.44. The van der Waals surface area contributed by atoms with Crippen LogP contribution in [0.3, 0.4) is 0 Å². The van der Waals surface area contributed by atoms with Crippen molar-refractivity contribution in [1.82, 2.24) is 4.98 Å². The van der Waals surface area contributed by atoms with E-state index >= 15 is 0 Å². The summed E-state index contributed by atoms with van der Waals surface area (Å²) in [5, 5.41) is 11.5. The summed E-state index contributed by atoms with van der Waals surface area (Å²) in [6.45, 7) is 0. The number of thioether (sulfide) groups is 1. The number of benzene rings is 2. The van der Waals surface area contributed by atoms with Gasteiger partial charge in [-0.3, -0.25) is 4.79 Å². The molecule has 0 bridgehead atoms. The molecule has 0 fully saturated rings. The third-order valence-corrected chi connectivity index (χ3v) is 5.84. The standard InChI is InChI=1S/C20H17Cl2NO4S/c1-27-20(26)12-6-2-4-11(8-12)5-3-7-28-18-17(24)16-14(22)9-13(21)10-15(16)23-19(18)25/h2,4,6,8-10H,3,5,7H2,1H3,(H2,23,24,25). The lowest BCUT2D eigenvalue weighted by Gasteiger charge is -2.09. The molecular weight excluding hydrogens is 421 g/mol. The third-order valence-electron chi connectivity index (χ3n) is 4.17. The maximum absolute atomic E-state index is 12.3. The van der Waals surface area contributed by atoms with E-state index in [0.717, 1.165) is 18.4 Å². The summed E-state index contributed by atoms with van der Waals surface area (Å²) in [6.07, 6.45) is 1.47. The second-order valence-electron chi connectivity index (χ2n) is 6.09. The molecule has 0 aliphatic heterocycles. The summed E-state index contributed by atoms with van der Waals surface area (Å²) in [5.41, 5.74) is 1.51. The van der Waals surface area contributed by atoms with E-state index in [2.05, 4.69) is 4.98 Å². The number of rotatable bonds is 6. The van der Waals surface area contributed by atoms with E-state index in [-0.39, 0.29) is 27.2 Å². The molecule has 8 heteroatoms. The summed E-state index contributed by atoms with van der Waals surface area (Å²) in [5.74, 6) is 0.0921. The average molecular weight is 438 g/mol. The Bertz CT molecular complexity index is 1100. The molecule has 3 aromatic rings. The number of H-pyrrole nitrogens is 1. The van der Waals surface area contributed by atoms with Crippen molar-refractivity contribution < 1.29 is 14.6 Å². The van der Waals surface area contributed by atoms with Crippen molar-refractivity contribution in [3.63, 3.8) is 0 Å². The number of fused-ring (bicyclic) bond motifs is 1. The molecule has 0 amide bonds. The van der Waals surface area contributed by atoms with Gasteiger partial charge in [-0.1, -0.05) is 35.3 Å². The zero-order chi connectivity index (χ0) is 20.3. The number of pyridine rings is 1. The minimum Gasteiger partial charge on any atom is -0.506 e. The van der Waals surface area contributed by atoms with Crippen molar-refractivity contribution in [2.75, 3.05) is 12.9 Å². The van der Waals surface area contributed by atoms with Gasteiger partial charge in [-0.2, -0.15) is 0 Å². The average Bonchev–Trinajstić information content (AvgIpc) is 2.66. The predicted molar refractivity (Wildman–Crippen MR) is 113 cm³/mol. The highest BCUT2D eigenvalue weighted by Gasteiger charge is 2.15. The Morgan fingerprint density at radius 2 is 2.04 bits per heavy atom. The summed E-state index contributed by atoms with van der Waals surface area (Å²) < 4.78 is 4.73. The molecule has 28 heavy (non-hydrogen) atoms. The topological polar surface area (TPSA) is 79.4 Å². The SMILES string of the molecule is COC(=O)c1cccc(CCCSc2c(O)c3c(Cl)cc(Cl)cc3[nH]c2=O)c1. The number of halogens is 2. The van der Waals surface area contributed by atoms with Gasteiger partial charge in [0.05, 0.1) is 28.6 Å². The minimum absolute atomic E-state index is 0.141. The van der Waals surface area contributed by atoms with E-state index in [0.29, 0.717) is 27.2 Å². The molecule has 0 radical (unpaired) electrons. The molecule has 0 spiro atoms. The second kappa shape index (κ2) is 8.90. The van der Waals surface area contributed by atoms with Gasteiger partial charge < -0.3 is 14.8 Å². The van der Waals surface area contributed by atoms with Crippen molar-refractivity contribution in [1.29, 1.82) is 0 Å². The van der Waals surface area contributed by atoms with Crippen LogP contribution >= 0.6 is 35.0 Å². The van der Waals surface area contributed by atoms with Crippen LogP contribution in [0.1, 0.15) is 22.3 Å². The van der Waals surface area contributed by atoms with Crippen LogP contribution < -0.4 is 5.56 Å². The fraction of sp³-hybridized carbons (Fsp3) is 0.200. The number of esters is 1. The van der Waals surface area contributed by atoms with Crippen molar-refractivity contribution in [3.05, 3.63) is 67.9 Å². The largest absolute Gasteiger partial charge is 0.506 e. The number of carbonyl (C=O) groups is 1. The van der Waals surface area contributed by atoms with Gasteiger partial charge in [-0.25, -0.2) is 4.79 Å². The van der Waals surface area contributed by atoms with Crippen molar-refractivity contribution in [2.45, 2.75) is 17.7 Å². The van der Waals surface area contributed by atoms with Crippen LogP contribution in [0.15, 0.2) is 46.1 Å². The quantitative estimate of drug-likeness (QED) is 0.320. The van der Waals surface area contributed by atoms with Crippen molar-refractivity contribution in [2.24, 2.45) is 0 Å². The maximum atomic E-state index is 12.3. The number of nitrogens with one attached hydrogen (secondary N) is 1. The zero-order valence-electron chi connectivity index (χ0n) is 14.9. The Kier molecular flexibility index (Phi) is 6.54. The Hall–Kier alpha value is -2.15. The lowest BCUT2D eigenvalue weighted by atomic mass is 10.1. The molecule has 1 heterocycles. The van der Waals surface area contributed by atoms with E-state index in [1.165, 1.54) is 24.9 Å². The summed E-state index contributed by atoms with van der Waals surface area (Å²) in [6, 6.07) is 10.3. The number of methoxy groups -OCH3 is 1. The van der Waals surface area contributed by atoms with Gasteiger partial charge in [0.15, 0.2) is 0 Å². The third kappa shape index (κ3) is 4.46. The molecule has 0 saturated carbocycles. The fourth-order valence-corrected chi connectivity index (χ4v) is 4.37. The van der Waals surface area contributed by atoms with Gasteiger partial charge in [0.25, 0.3) is 5.56 Å². The lowest BCUT2D eigenvalue weighted by Crippen LogP contribution is -2.09. The Morgan fingerprint density at radius 1 is 1.25 bits per heavy atom. The zero-order valence-corrected chi connectivity index (χ0v) is 17.2. The van der Waals surface area contributed by atoms with Crippen LogP contribution in [0.25, 0.3) is 10.9 Å². The first-order valence-corrected chi connectivity index (χ1v) is 10.2. The van der Waals surface area contributed by atoms with Gasteiger partial charge >= 0.3 is 5.97 Å². The van der Waals surface area contributed by atoms with E-state index in [1.807, 2.05) is 12.1 Å². The molecule has 2 N–H and O–H groups in total. The monoisotopic (exact) mass is 437 g/mol. The first kappa shape index (κ1) is 20.6. The summed E-state index contributed by atoms with van der Waals surface area (Å²) in [4.78, 5) is 26.9. The second-order valence-corrected chi connectivity index (χ2v) is 8.03. The van der Waals surface area contributed by atoms with Crippen molar-refractivity contribution in [3.8, 4) is 5.75 Å². The van der Waals surface area contributed by atoms with Crippen LogP contribution in [-0.2, 0) is 11.2 Å². The van der Waals surface area contributed by atoms with Crippen molar-refractivity contribution >= 4 is 51.8 Å². The molecule has 3 rings (SSSR count). The fourth-order valence-electron chi connectivity index (χ4n) is 2.87.